The van der Waals surface area contributed by atoms with E-state index in [-0.39, 0.29) is 5.41 Å². The highest BCUT2D eigenvalue weighted by molar-refractivity contribution is 5.80. The van der Waals surface area contributed by atoms with Crippen molar-refractivity contribution in [2.75, 3.05) is 0 Å². The molecule has 0 aliphatic heterocycles. The second kappa shape index (κ2) is 4.75. The molecule has 2 saturated carbocycles. The van der Waals surface area contributed by atoms with Gasteiger partial charge in [0, 0.05) is 12.8 Å². The van der Waals surface area contributed by atoms with Crippen LogP contribution >= 0.6 is 0 Å². The van der Waals surface area contributed by atoms with E-state index in [1.807, 2.05) is 0 Å². The number of carbonyl (C=O) groups excluding carboxylic acids is 1. The molecule has 2 rings (SSSR count). The number of fused-ring (bicyclic) bond motifs is 1. The Morgan fingerprint density at radius 3 is 2.58 bits per heavy atom. The highest BCUT2D eigenvalue weighted by Crippen LogP contribution is 2.65. The van der Waals surface area contributed by atoms with Gasteiger partial charge in [0.25, 0.3) is 0 Å². The number of rotatable bonds is 2. The maximum atomic E-state index is 12.2. The van der Waals surface area contributed by atoms with E-state index in [4.69, 9.17) is 0 Å². The van der Waals surface area contributed by atoms with Crippen molar-refractivity contribution in [1.29, 1.82) is 0 Å². The average molecular weight is 262 g/mol. The van der Waals surface area contributed by atoms with Crippen molar-refractivity contribution in [1.82, 2.24) is 0 Å². The molecule has 1 heteroatoms. The summed E-state index contributed by atoms with van der Waals surface area (Å²) in [6, 6.07) is 0. The number of Topliss-reactive ketones (excluding diaryl/α,β-unsaturated/α-hetero) is 1. The van der Waals surface area contributed by atoms with Crippen LogP contribution in [-0.2, 0) is 4.79 Å². The fraction of sp³-hybridized carbons (Fsp3) is 0.833. The fourth-order valence-electron chi connectivity index (χ4n) is 5.08. The molecule has 19 heavy (non-hydrogen) atoms. The lowest BCUT2D eigenvalue weighted by Gasteiger charge is -2.61. The molecule has 4 atom stereocenters. The summed E-state index contributed by atoms with van der Waals surface area (Å²) in [7, 11) is 0. The van der Waals surface area contributed by atoms with Crippen molar-refractivity contribution in [2.45, 2.75) is 66.7 Å². The van der Waals surface area contributed by atoms with Crippen LogP contribution in [0, 0.1) is 28.6 Å². The molecule has 0 bridgehead atoms. The fourth-order valence-corrected chi connectivity index (χ4v) is 5.08. The van der Waals surface area contributed by atoms with Crippen LogP contribution in [0.4, 0.5) is 0 Å². The Morgan fingerprint density at radius 2 is 2.05 bits per heavy atom. The first-order chi connectivity index (χ1) is 8.73. The summed E-state index contributed by atoms with van der Waals surface area (Å²) in [6.07, 6.45) is 5.26. The van der Waals surface area contributed by atoms with Crippen molar-refractivity contribution < 1.29 is 4.79 Å². The van der Waals surface area contributed by atoms with Gasteiger partial charge in [-0.25, -0.2) is 0 Å². The Bertz CT molecular complexity index is 394. The summed E-state index contributed by atoms with van der Waals surface area (Å²) in [5, 5.41) is 0. The largest absolute Gasteiger partial charge is 0.300 e. The first kappa shape index (κ1) is 14.8. The van der Waals surface area contributed by atoms with Crippen LogP contribution in [-0.4, -0.2) is 5.78 Å². The standard InChI is InChI=1S/C18H30O/c1-12(2)15-7-8-18(13(3)4)11-16(19)9-14(5)17(18,6)10-15/h13-15H,1,7-11H2,2-6H3. The lowest BCUT2D eigenvalue weighted by molar-refractivity contribution is -0.153. The van der Waals surface area contributed by atoms with E-state index in [9.17, 15) is 4.79 Å². The average Bonchev–Trinajstić information content (AvgIpc) is 2.29. The minimum absolute atomic E-state index is 0.230. The zero-order chi connectivity index (χ0) is 14.4. The van der Waals surface area contributed by atoms with E-state index >= 15 is 0 Å². The monoisotopic (exact) mass is 262 g/mol. The lowest BCUT2D eigenvalue weighted by Crippen LogP contribution is -2.56. The van der Waals surface area contributed by atoms with Gasteiger partial charge in [0.15, 0.2) is 0 Å². The number of hydrogen-bond acceptors (Lipinski definition) is 1. The molecule has 2 fully saturated rings. The highest BCUT2D eigenvalue weighted by atomic mass is 16.1. The minimum Gasteiger partial charge on any atom is -0.300 e. The molecule has 0 aromatic rings. The molecule has 0 aromatic heterocycles. The summed E-state index contributed by atoms with van der Waals surface area (Å²) in [4.78, 5) is 12.2. The molecule has 0 amide bonds. The SMILES string of the molecule is C=C(C)C1CCC2(C(C)C)CC(=O)CC(C)C2(C)C1. The summed E-state index contributed by atoms with van der Waals surface area (Å²) in [5.74, 6) is 2.26. The van der Waals surface area contributed by atoms with Crippen molar-refractivity contribution in [2.24, 2.45) is 28.6 Å². The van der Waals surface area contributed by atoms with Crippen LogP contribution in [0.5, 0.6) is 0 Å². The van der Waals surface area contributed by atoms with E-state index in [0.717, 1.165) is 12.8 Å². The van der Waals surface area contributed by atoms with Gasteiger partial charge in [0.2, 0.25) is 0 Å². The maximum Gasteiger partial charge on any atom is 0.133 e. The van der Waals surface area contributed by atoms with Crippen LogP contribution < -0.4 is 0 Å². The molecule has 2 aliphatic carbocycles. The smallest absolute Gasteiger partial charge is 0.133 e. The van der Waals surface area contributed by atoms with Crippen LogP contribution in [0.25, 0.3) is 0 Å². The van der Waals surface area contributed by atoms with Crippen molar-refractivity contribution in [3.8, 4) is 0 Å². The Labute approximate surface area is 118 Å². The summed E-state index contributed by atoms with van der Waals surface area (Å²) in [5.41, 5.74) is 1.87. The Morgan fingerprint density at radius 1 is 1.42 bits per heavy atom. The van der Waals surface area contributed by atoms with Crippen LogP contribution in [0.1, 0.15) is 66.7 Å². The number of hydrogen-bond donors (Lipinski definition) is 0. The molecular weight excluding hydrogens is 232 g/mol. The number of ketones is 1. The maximum absolute atomic E-state index is 12.2. The van der Waals surface area contributed by atoms with E-state index in [0.29, 0.717) is 29.0 Å². The summed E-state index contributed by atoms with van der Waals surface area (Å²) >= 11 is 0. The van der Waals surface area contributed by atoms with Crippen LogP contribution in [0.15, 0.2) is 12.2 Å². The van der Waals surface area contributed by atoms with Gasteiger partial charge in [-0.15, -0.1) is 0 Å². The highest BCUT2D eigenvalue weighted by Gasteiger charge is 2.58. The molecular formula is C18H30O. The Kier molecular flexibility index (Phi) is 3.70. The molecule has 0 N–H and O–H groups in total. The predicted molar refractivity (Wildman–Crippen MR) is 80.9 cm³/mol. The molecule has 0 heterocycles. The summed E-state index contributed by atoms with van der Waals surface area (Å²) < 4.78 is 0. The number of carbonyl (C=O) groups is 1. The molecule has 2 aliphatic rings. The quantitative estimate of drug-likeness (QED) is 0.639. The van der Waals surface area contributed by atoms with Crippen LogP contribution in [0.2, 0.25) is 0 Å². The number of allylic oxidation sites excluding steroid dienone is 1. The molecule has 0 spiro atoms. The van der Waals surface area contributed by atoms with Gasteiger partial charge in [0.05, 0.1) is 0 Å². The molecule has 0 aromatic carbocycles. The van der Waals surface area contributed by atoms with Crippen molar-refractivity contribution >= 4 is 5.78 Å². The van der Waals surface area contributed by atoms with E-state index in [1.165, 1.54) is 24.8 Å². The minimum atomic E-state index is 0.230. The van der Waals surface area contributed by atoms with Crippen molar-refractivity contribution in [3.05, 3.63) is 12.2 Å². The van der Waals surface area contributed by atoms with Gasteiger partial charge >= 0.3 is 0 Å². The Hall–Kier alpha value is -0.590. The molecule has 0 radical (unpaired) electrons. The van der Waals surface area contributed by atoms with Crippen molar-refractivity contribution in [3.63, 3.8) is 0 Å². The van der Waals surface area contributed by atoms with Gasteiger partial charge in [-0.2, -0.15) is 0 Å². The van der Waals surface area contributed by atoms with Gasteiger partial charge in [0.1, 0.15) is 5.78 Å². The zero-order valence-electron chi connectivity index (χ0n) is 13.4. The zero-order valence-corrected chi connectivity index (χ0v) is 13.4. The second-order valence-corrected chi connectivity index (χ2v) is 7.84. The first-order valence-corrected chi connectivity index (χ1v) is 7.90. The normalized spacial score (nSPS) is 43.2. The molecule has 0 saturated heterocycles. The third-order valence-corrected chi connectivity index (χ3v) is 6.68. The summed E-state index contributed by atoms with van der Waals surface area (Å²) in [6.45, 7) is 15.8. The van der Waals surface area contributed by atoms with Gasteiger partial charge in [-0.3, -0.25) is 4.79 Å². The van der Waals surface area contributed by atoms with E-state index in [2.05, 4.69) is 41.2 Å². The molecule has 1 nitrogen and oxygen atoms in total. The van der Waals surface area contributed by atoms with E-state index < -0.39 is 0 Å². The van der Waals surface area contributed by atoms with Gasteiger partial charge < -0.3 is 0 Å². The van der Waals surface area contributed by atoms with E-state index in [1.54, 1.807) is 0 Å². The third kappa shape index (κ3) is 2.10. The topological polar surface area (TPSA) is 17.1 Å². The second-order valence-electron chi connectivity index (χ2n) is 7.84. The van der Waals surface area contributed by atoms with Gasteiger partial charge in [-0.1, -0.05) is 39.8 Å². The van der Waals surface area contributed by atoms with Gasteiger partial charge in [-0.05, 0) is 54.8 Å². The third-order valence-electron chi connectivity index (χ3n) is 6.68. The Balaban J connectivity index is 2.42. The van der Waals surface area contributed by atoms with Crippen LogP contribution in [0.3, 0.4) is 0 Å². The lowest BCUT2D eigenvalue weighted by atomic mass is 9.42. The predicted octanol–water partition coefficient (Wildman–Crippen LogP) is 5.01. The molecule has 108 valence electrons. The molecule has 4 unspecified atom stereocenters. The first-order valence-electron chi connectivity index (χ1n) is 7.90.